The van der Waals surface area contributed by atoms with Crippen LogP contribution in [0.1, 0.15) is 36.3 Å². The summed E-state index contributed by atoms with van der Waals surface area (Å²) in [5, 5.41) is 12.1. The van der Waals surface area contributed by atoms with Gasteiger partial charge in [-0.2, -0.15) is 0 Å². The third kappa shape index (κ3) is 2.04. The van der Waals surface area contributed by atoms with Crippen LogP contribution in [0.5, 0.6) is 0 Å². The van der Waals surface area contributed by atoms with Gasteiger partial charge in [0.05, 0.1) is 5.71 Å². The Balaban J connectivity index is 1.49. The summed E-state index contributed by atoms with van der Waals surface area (Å²) in [6.45, 7) is 1.41. The maximum absolute atomic E-state index is 12.8. The van der Waals surface area contributed by atoms with E-state index in [2.05, 4.69) is 29.4 Å². The van der Waals surface area contributed by atoms with Crippen LogP contribution >= 0.6 is 0 Å². The Bertz CT molecular complexity index is 601. The zero-order valence-electron chi connectivity index (χ0n) is 12.0. The highest BCUT2D eigenvalue weighted by Crippen LogP contribution is 2.60. The highest BCUT2D eigenvalue weighted by molar-refractivity contribution is 5.89. The first-order valence-electron chi connectivity index (χ1n) is 7.86. The monoisotopic (exact) mass is 284 g/mol. The summed E-state index contributed by atoms with van der Waals surface area (Å²) in [6, 6.07) is 8.59. The van der Waals surface area contributed by atoms with E-state index in [9.17, 15) is 4.79 Å². The van der Waals surface area contributed by atoms with Crippen molar-refractivity contribution in [2.45, 2.75) is 31.6 Å². The van der Waals surface area contributed by atoms with Crippen LogP contribution in [0.25, 0.3) is 0 Å². The quantitative estimate of drug-likeness (QED) is 0.636. The van der Waals surface area contributed by atoms with Crippen molar-refractivity contribution in [3.63, 3.8) is 0 Å². The maximum Gasteiger partial charge on any atom is 0.226 e. The van der Waals surface area contributed by atoms with E-state index in [1.165, 1.54) is 11.1 Å². The Morgan fingerprint density at radius 2 is 1.95 bits per heavy atom. The second kappa shape index (κ2) is 4.86. The number of amides is 1. The third-order valence-corrected chi connectivity index (χ3v) is 5.41. The molecule has 4 rings (SSSR count). The van der Waals surface area contributed by atoms with E-state index in [4.69, 9.17) is 5.21 Å². The molecule has 0 bridgehead atoms. The Hall–Kier alpha value is -1.84. The molecule has 4 heteroatoms. The number of nitrogens with zero attached hydrogens (tertiary/aromatic N) is 2. The van der Waals surface area contributed by atoms with E-state index < -0.39 is 0 Å². The van der Waals surface area contributed by atoms with Crippen LogP contribution < -0.4 is 0 Å². The molecule has 1 aliphatic heterocycles. The van der Waals surface area contributed by atoms with E-state index >= 15 is 0 Å². The average molecular weight is 284 g/mol. The third-order valence-electron chi connectivity index (χ3n) is 5.41. The first kappa shape index (κ1) is 12.9. The fourth-order valence-electron chi connectivity index (χ4n) is 4.20. The van der Waals surface area contributed by atoms with Gasteiger partial charge in [-0.15, -0.1) is 0 Å². The van der Waals surface area contributed by atoms with Crippen molar-refractivity contribution < 1.29 is 10.0 Å². The van der Waals surface area contributed by atoms with E-state index in [0.717, 1.165) is 18.6 Å². The molecule has 2 fully saturated rings. The predicted octanol–water partition coefficient (Wildman–Crippen LogP) is 2.42. The highest BCUT2D eigenvalue weighted by atomic mass is 16.4. The molecule has 1 saturated heterocycles. The van der Waals surface area contributed by atoms with Gasteiger partial charge in [-0.25, -0.2) is 0 Å². The molecule has 1 heterocycles. The number of hydrogen-bond acceptors (Lipinski definition) is 3. The average Bonchev–Trinajstić information content (AvgIpc) is 3.29. The lowest BCUT2D eigenvalue weighted by molar-refractivity contribution is -0.133. The van der Waals surface area contributed by atoms with Gasteiger partial charge in [0.2, 0.25) is 5.91 Å². The molecule has 3 aliphatic rings. The fourth-order valence-corrected chi connectivity index (χ4v) is 4.20. The largest absolute Gasteiger partial charge is 0.411 e. The molecule has 2 aliphatic carbocycles. The molecule has 0 aromatic heterocycles. The Morgan fingerprint density at radius 3 is 2.71 bits per heavy atom. The summed E-state index contributed by atoms with van der Waals surface area (Å²) in [6.07, 6.45) is 3.68. The van der Waals surface area contributed by atoms with Gasteiger partial charge in [0.1, 0.15) is 0 Å². The number of oxime groups is 1. The first-order valence-corrected chi connectivity index (χ1v) is 7.86. The molecule has 1 aromatic carbocycles. The molecule has 1 amide bonds. The molecule has 110 valence electrons. The van der Waals surface area contributed by atoms with Crippen molar-refractivity contribution in [2.75, 3.05) is 13.1 Å². The molecule has 1 saturated carbocycles. The van der Waals surface area contributed by atoms with E-state index in [1.807, 2.05) is 4.90 Å². The SMILES string of the molecule is O=C(C1C2CCc3ccccc3C21)N1CCC(=NO)CC1. The number of carbonyl (C=O) groups excluding carboxylic acids is 1. The predicted molar refractivity (Wildman–Crippen MR) is 79.5 cm³/mol. The second-order valence-corrected chi connectivity index (χ2v) is 6.44. The number of rotatable bonds is 1. The van der Waals surface area contributed by atoms with Crippen LogP contribution in [0.15, 0.2) is 29.4 Å². The Morgan fingerprint density at radius 1 is 1.19 bits per heavy atom. The summed E-state index contributed by atoms with van der Waals surface area (Å²) in [5.74, 6) is 1.52. The molecular weight excluding hydrogens is 264 g/mol. The normalized spacial score (nSPS) is 30.4. The van der Waals surface area contributed by atoms with Gasteiger partial charge < -0.3 is 10.1 Å². The second-order valence-electron chi connectivity index (χ2n) is 6.44. The van der Waals surface area contributed by atoms with Crippen molar-refractivity contribution >= 4 is 11.6 Å². The minimum absolute atomic E-state index is 0.196. The molecule has 3 unspecified atom stereocenters. The van der Waals surface area contributed by atoms with Crippen LogP contribution in [0, 0.1) is 11.8 Å². The lowest BCUT2D eigenvalue weighted by Crippen LogP contribution is -2.40. The van der Waals surface area contributed by atoms with Gasteiger partial charge in [-0.3, -0.25) is 4.79 Å². The lowest BCUT2D eigenvalue weighted by Gasteiger charge is -2.27. The van der Waals surface area contributed by atoms with Gasteiger partial charge in [-0.1, -0.05) is 29.4 Å². The smallest absolute Gasteiger partial charge is 0.226 e. The standard InChI is InChI=1S/C17H20N2O2/c20-17(19-9-7-12(18-21)8-10-19)16-14-6-5-11-3-1-2-4-13(11)15(14)16/h1-4,14-16,21H,5-10H2. The van der Waals surface area contributed by atoms with Crippen LogP contribution in [0.4, 0.5) is 0 Å². The topological polar surface area (TPSA) is 52.9 Å². The molecule has 3 atom stereocenters. The highest BCUT2D eigenvalue weighted by Gasteiger charge is 2.57. The first-order chi connectivity index (χ1) is 10.3. The minimum Gasteiger partial charge on any atom is -0.411 e. The van der Waals surface area contributed by atoms with Crippen LogP contribution in [-0.2, 0) is 11.2 Å². The number of hydrogen-bond donors (Lipinski definition) is 1. The Labute approximate surface area is 124 Å². The van der Waals surface area contributed by atoms with Crippen LogP contribution in [0.2, 0.25) is 0 Å². The van der Waals surface area contributed by atoms with Gasteiger partial charge in [0.15, 0.2) is 0 Å². The summed E-state index contributed by atoms with van der Waals surface area (Å²) in [7, 11) is 0. The van der Waals surface area contributed by atoms with Crippen molar-refractivity contribution in [3.05, 3.63) is 35.4 Å². The van der Waals surface area contributed by atoms with Gasteiger partial charge in [-0.05, 0) is 35.8 Å². The Kier molecular flexibility index (Phi) is 2.98. The maximum atomic E-state index is 12.8. The van der Waals surface area contributed by atoms with Crippen molar-refractivity contribution in [2.24, 2.45) is 17.0 Å². The molecule has 21 heavy (non-hydrogen) atoms. The van der Waals surface area contributed by atoms with E-state index in [1.54, 1.807) is 0 Å². The van der Waals surface area contributed by atoms with Gasteiger partial charge in [0.25, 0.3) is 0 Å². The molecule has 1 aromatic rings. The zero-order chi connectivity index (χ0) is 14.4. The molecular formula is C17H20N2O2. The summed E-state index contributed by atoms with van der Waals surface area (Å²) < 4.78 is 0. The van der Waals surface area contributed by atoms with E-state index in [0.29, 0.717) is 43.7 Å². The van der Waals surface area contributed by atoms with Crippen molar-refractivity contribution in [1.29, 1.82) is 0 Å². The molecule has 1 N–H and O–H groups in total. The number of benzene rings is 1. The fraction of sp³-hybridized carbons (Fsp3) is 0.529. The summed E-state index contributed by atoms with van der Waals surface area (Å²) >= 11 is 0. The number of carbonyl (C=O) groups is 1. The van der Waals surface area contributed by atoms with Gasteiger partial charge in [0, 0.05) is 31.8 Å². The summed E-state index contributed by atoms with van der Waals surface area (Å²) in [5.41, 5.74) is 3.65. The van der Waals surface area contributed by atoms with E-state index in [-0.39, 0.29) is 5.92 Å². The molecule has 0 spiro atoms. The lowest BCUT2D eigenvalue weighted by atomic mass is 9.92. The summed E-state index contributed by atoms with van der Waals surface area (Å²) in [4.78, 5) is 14.7. The number of likely N-dealkylation sites (tertiary alicyclic amines) is 1. The number of fused-ring (bicyclic) bond motifs is 3. The van der Waals surface area contributed by atoms with Crippen molar-refractivity contribution in [3.8, 4) is 0 Å². The minimum atomic E-state index is 0.196. The van der Waals surface area contributed by atoms with Crippen molar-refractivity contribution in [1.82, 2.24) is 4.90 Å². The van der Waals surface area contributed by atoms with Gasteiger partial charge >= 0.3 is 0 Å². The zero-order valence-corrected chi connectivity index (χ0v) is 12.0. The van der Waals surface area contributed by atoms with Crippen LogP contribution in [0.3, 0.4) is 0 Å². The number of aryl methyl sites for hydroxylation is 1. The molecule has 4 nitrogen and oxygen atoms in total. The number of piperidine rings is 1. The van der Waals surface area contributed by atoms with Crippen LogP contribution in [-0.4, -0.2) is 34.8 Å². The molecule has 0 radical (unpaired) electrons.